The quantitative estimate of drug-likeness (QED) is 0.0383. The van der Waals surface area contributed by atoms with Crippen LogP contribution in [0.4, 0.5) is 0 Å². The summed E-state index contributed by atoms with van der Waals surface area (Å²) in [5.74, 6) is -0.208. The maximum Gasteiger partial charge on any atom is 0.306 e. The molecule has 0 aromatic rings. The molecule has 0 aliphatic rings. The number of carbonyl (C=O) groups is 1. The van der Waals surface area contributed by atoms with Crippen LogP contribution < -0.4 is 0 Å². The van der Waals surface area contributed by atoms with Crippen LogP contribution in [0, 0.1) is 0 Å². The molecule has 1 unspecified atom stereocenters. The van der Waals surface area contributed by atoms with Gasteiger partial charge in [0.1, 0.15) is 6.10 Å². The highest BCUT2D eigenvalue weighted by Crippen LogP contribution is 2.14. The first-order valence-electron chi connectivity index (χ1n) is 23.0. The van der Waals surface area contributed by atoms with Gasteiger partial charge in [0.05, 0.1) is 13.2 Å². The van der Waals surface area contributed by atoms with Gasteiger partial charge in [0.25, 0.3) is 0 Å². The van der Waals surface area contributed by atoms with Crippen molar-refractivity contribution < 1.29 is 19.4 Å². The predicted molar refractivity (Wildman–Crippen MR) is 237 cm³/mol. The maximum atomic E-state index is 12.2. The number of unbranched alkanes of at least 4 members (excludes halogenated alkanes) is 22. The molecule has 0 fully saturated rings. The van der Waals surface area contributed by atoms with Crippen LogP contribution in [0.3, 0.4) is 0 Å². The van der Waals surface area contributed by atoms with E-state index in [1.807, 2.05) is 0 Å². The Morgan fingerprint density at radius 2 is 0.833 bits per heavy atom. The number of esters is 1. The van der Waals surface area contributed by atoms with Gasteiger partial charge in [0.15, 0.2) is 0 Å². The topological polar surface area (TPSA) is 55.8 Å². The average Bonchev–Trinajstić information content (AvgIpc) is 3.18. The normalized spacial score (nSPS) is 13.0. The van der Waals surface area contributed by atoms with Crippen LogP contribution >= 0.6 is 0 Å². The van der Waals surface area contributed by atoms with Gasteiger partial charge in [-0.3, -0.25) is 4.79 Å². The van der Waals surface area contributed by atoms with Gasteiger partial charge in [-0.2, -0.15) is 0 Å². The molecule has 0 aliphatic carbocycles. The summed E-state index contributed by atoms with van der Waals surface area (Å²) in [6.07, 6.45) is 64.0. The van der Waals surface area contributed by atoms with Gasteiger partial charge in [-0.1, -0.05) is 196 Å². The molecule has 4 nitrogen and oxygen atoms in total. The predicted octanol–water partition coefficient (Wildman–Crippen LogP) is 15.4. The first kappa shape index (κ1) is 51.8. The highest BCUT2D eigenvalue weighted by atomic mass is 16.6. The van der Waals surface area contributed by atoms with E-state index in [2.05, 4.69) is 86.8 Å². The van der Waals surface area contributed by atoms with Crippen molar-refractivity contribution in [2.24, 2.45) is 0 Å². The fraction of sp³-hybridized carbons (Fsp3) is 0.740. The summed E-state index contributed by atoms with van der Waals surface area (Å²) in [4.78, 5) is 12.2. The summed E-state index contributed by atoms with van der Waals surface area (Å²) < 4.78 is 11.2. The molecule has 0 amide bonds. The zero-order chi connectivity index (χ0) is 39.1. The van der Waals surface area contributed by atoms with Crippen molar-refractivity contribution >= 4 is 5.97 Å². The molecule has 0 saturated carbocycles. The van der Waals surface area contributed by atoms with Crippen LogP contribution in [-0.2, 0) is 14.3 Å². The molecular formula is C50H88O4. The highest BCUT2D eigenvalue weighted by Gasteiger charge is 2.13. The molecule has 0 aromatic heterocycles. The van der Waals surface area contributed by atoms with Crippen molar-refractivity contribution in [3.05, 3.63) is 72.9 Å². The Morgan fingerprint density at radius 3 is 1.26 bits per heavy atom. The van der Waals surface area contributed by atoms with Gasteiger partial charge in [0, 0.05) is 13.0 Å². The third-order valence-corrected chi connectivity index (χ3v) is 9.77. The van der Waals surface area contributed by atoms with Gasteiger partial charge in [-0.15, -0.1) is 0 Å². The Bertz CT molecular complexity index is 927. The van der Waals surface area contributed by atoms with E-state index < -0.39 is 6.10 Å². The summed E-state index contributed by atoms with van der Waals surface area (Å²) in [6.45, 7) is 5.20. The molecule has 0 spiro atoms. The van der Waals surface area contributed by atoms with E-state index in [0.29, 0.717) is 13.0 Å². The lowest BCUT2D eigenvalue weighted by Crippen LogP contribution is -2.27. The number of aliphatic hydroxyl groups excluding tert-OH is 1. The molecule has 0 aromatic carbocycles. The number of carbonyl (C=O) groups excluding carboxylic acids is 1. The molecule has 1 atom stereocenters. The monoisotopic (exact) mass is 753 g/mol. The molecule has 312 valence electrons. The van der Waals surface area contributed by atoms with Gasteiger partial charge in [-0.05, 0) is 83.5 Å². The van der Waals surface area contributed by atoms with Crippen molar-refractivity contribution in [1.82, 2.24) is 0 Å². The number of ether oxygens (including phenoxy) is 2. The first-order valence-corrected chi connectivity index (χ1v) is 23.0. The molecule has 0 heterocycles. The minimum Gasteiger partial charge on any atom is -0.457 e. The second kappa shape index (κ2) is 47.0. The molecule has 0 bridgehead atoms. The van der Waals surface area contributed by atoms with E-state index >= 15 is 0 Å². The fourth-order valence-electron chi connectivity index (χ4n) is 6.35. The van der Waals surface area contributed by atoms with Crippen molar-refractivity contribution in [2.75, 3.05) is 19.8 Å². The standard InChI is InChI=1S/C50H88O4/c1-3-5-7-9-11-13-15-17-19-21-22-23-24-25-26-27-28-29-31-33-35-37-39-41-43-45-50(52)54-49(47-51)48-53-46-44-42-40-38-36-34-32-30-20-18-16-14-12-10-8-6-4-2/h5,7,11,13-14,16-17,19-20,22-23,30,49,51H,3-4,6,8-10,12,15,18,21,24-29,31-48H2,1-2H3/b7-5-,13-11-,16-14-,19-17-,23-22-,30-20-. The van der Waals surface area contributed by atoms with E-state index in [1.54, 1.807) is 0 Å². The van der Waals surface area contributed by atoms with Crippen LogP contribution in [0.2, 0.25) is 0 Å². The Kier molecular flexibility index (Phi) is 45.1. The Hall–Kier alpha value is -2.17. The van der Waals surface area contributed by atoms with Crippen LogP contribution in [0.1, 0.15) is 213 Å². The first-order chi connectivity index (χ1) is 26.7. The minimum atomic E-state index is -0.544. The van der Waals surface area contributed by atoms with Gasteiger partial charge >= 0.3 is 5.97 Å². The summed E-state index contributed by atoms with van der Waals surface area (Å²) >= 11 is 0. The zero-order valence-electron chi connectivity index (χ0n) is 35.7. The third kappa shape index (κ3) is 44.2. The maximum absolute atomic E-state index is 12.2. The van der Waals surface area contributed by atoms with Gasteiger partial charge in [-0.25, -0.2) is 0 Å². The summed E-state index contributed by atoms with van der Waals surface area (Å²) in [5.41, 5.74) is 0. The molecule has 0 saturated heterocycles. The number of aliphatic hydroxyl groups is 1. The second-order valence-electron chi connectivity index (χ2n) is 15.1. The number of rotatable bonds is 42. The lowest BCUT2D eigenvalue weighted by Gasteiger charge is -2.15. The zero-order valence-corrected chi connectivity index (χ0v) is 35.7. The minimum absolute atomic E-state index is 0.179. The van der Waals surface area contributed by atoms with E-state index in [-0.39, 0.29) is 19.2 Å². The number of allylic oxidation sites excluding steroid dienone is 12. The van der Waals surface area contributed by atoms with Crippen molar-refractivity contribution in [2.45, 2.75) is 219 Å². The van der Waals surface area contributed by atoms with Gasteiger partial charge < -0.3 is 14.6 Å². The Labute approximate surface area is 336 Å². The van der Waals surface area contributed by atoms with Crippen LogP contribution in [0.25, 0.3) is 0 Å². The number of hydrogen-bond acceptors (Lipinski definition) is 4. The summed E-state index contributed by atoms with van der Waals surface area (Å²) in [5, 5.41) is 9.62. The SMILES string of the molecule is CC/C=C\C/C=C\C/C=C\C/C=C\CCCCCCCCCCCCCCC(=O)OC(CO)COCCCCCCCC/C=C\C/C=C\CCCCCC. The van der Waals surface area contributed by atoms with Crippen molar-refractivity contribution in [3.63, 3.8) is 0 Å². The molecule has 1 N–H and O–H groups in total. The van der Waals surface area contributed by atoms with E-state index in [0.717, 1.165) is 57.8 Å². The molecule has 0 rings (SSSR count). The molecular weight excluding hydrogens is 665 g/mol. The van der Waals surface area contributed by atoms with Crippen molar-refractivity contribution in [1.29, 1.82) is 0 Å². The number of hydrogen-bond donors (Lipinski definition) is 1. The van der Waals surface area contributed by atoms with E-state index in [9.17, 15) is 9.90 Å². The molecule has 0 aliphatic heterocycles. The molecule has 4 heteroatoms. The summed E-state index contributed by atoms with van der Waals surface area (Å²) in [6, 6.07) is 0. The van der Waals surface area contributed by atoms with E-state index in [4.69, 9.17) is 9.47 Å². The smallest absolute Gasteiger partial charge is 0.306 e. The third-order valence-electron chi connectivity index (χ3n) is 9.77. The van der Waals surface area contributed by atoms with Crippen LogP contribution in [0.5, 0.6) is 0 Å². The molecule has 0 radical (unpaired) electrons. The highest BCUT2D eigenvalue weighted by molar-refractivity contribution is 5.69. The summed E-state index contributed by atoms with van der Waals surface area (Å²) in [7, 11) is 0. The largest absolute Gasteiger partial charge is 0.457 e. The van der Waals surface area contributed by atoms with E-state index in [1.165, 1.54) is 135 Å². The Balaban J connectivity index is 3.45. The fourth-order valence-corrected chi connectivity index (χ4v) is 6.35. The lowest BCUT2D eigenvalue weighted by atomic mass is 10.0. The van der Waals surface area contributed by atoms with Crippen LogP contribution in [0.15, 0.2) is 72.9 Å². The second-order valence-corrected chi connectivity index (χ2v) is 15.1. The molecule has 54 heavy (non-hydrogen) atoms. The average molecular weight is 753 g/mol. The Morgan fingerprint density at radius 1 is 0.463 bits per heavy atom. The lowest BCUT2D eigenvalue weighted by molar-refractivity contribution is -0.154. The van der Waals surface area contributed by atoms with Gasteiger partial charge in [0.2, 0.25) is 0 Å². The van der Waals surface area contributed by atoms with Crippen molar-refractivity contribution in [3.8, 4) is 0 Å². The van der Waals surface area contributed by atoms with Crippen LogP contribution in [-0.4, -0.2) is 37.0 Å².